The Hall–Kier alpha value is -6.24. The molecule has 0 unspecified atom stereocenters. The van der Waals surface area contributed by atoms with Crippen LogP contribution in [0.3, 0.4) is 0 Å². The molecule has 0 amide bonds. The van der Waals surface area contributed by atoms with Gasteiger partial charge in [0.05, 0.1) is 27.8 Å². The first-order valence-electron chi connectivity index (χ1n) is 22.0. The van der Waals surface area contributed by atoms with E-state index in [-0.39, 0.29) is 16.2 Å². The normalized spacial score (nSPS) is 13.4. The Labute approximate surface area is 366 Å². The number of fused-ring (bicyclic) bond motifs is 14. The summed E-state index contributed by atoms with van der Waals surface area (Å²) in [5.41, 5.74) is 16.8. The van der Waals surface area contributed by atoms with Crippen LogP contribution in [-0.2, 0) is 16.2 Å². The fraction of sp³-hybridized carbons (Fsp3) is 0.214. The minimum atomic E-state index is -0.0436. The summed E-state index contributed by atoms with van der Waals surface area (Å²) in [5, 5.41) is 12.3. The molecule has 6 heteroatoms. The predicted molar refractivity (Wildman–Crippen MR) is 268 cm³/mol. The van der Waals surface area contributed by atoms with Crippen LogP contribution in [0.4, 0.5) is 11.4 Å². The van der Waals surface area contributed by atoms with Gasteiger partial charge >= 0.3 is 0 Å². The summed E-state index contributed by atoms with van der Waals surface area (Å²) in [4.78, 5) is 0. The monoisotopic (exact) mass is 824 g/mol. The second-order valence-electron chi connectivity index (χ2n) is 20.7. The molecule has 1 aliphatic rings. The largest absolute Gasteiger partial charge is 0.469 e. The molecule has 0 atom stereocenters. The number of aromatic nitrogens is 1. The lowest BCUT2D eigenvalue weighted by Crippen LogP contribution is -2.36. The molecule has 0 saturated carbocycles. The first-order chi connectivity index (χ1) is 29.6. The Balaban J connectivity index is 1.26. The maximum atomic E-state index is 7.21. The fourth-order valence-electron chi connectivity index (χ4n) is 10.1. The SMILES string of the molecule is CC(C)(C)c1ccc(Nc2cc3sc4ccccc4c3cc2-c2c3c4c(c5cc(C(C)(C)C)ccc5n4-c4c(oc5ccc(C(C)(C)C)cc45)B3)c3oc4ccccc4c23)cc1. The summed E-state index contributed by atoms with van der Waals surface area (Å²) >= 11 is 1.85. The average molecular weight is 825 g/mol. The van der Waals surface area contributed by atoms with Gasteiger partial charge in [0.15, 0.2) is 0 Å². The quantitative estimate of drug-likeness (QED) is 0.181. The maximum absolute atomic E-state index is 7.21. The number of rotatable bonds is 3. The third-order valence-corrected chi connectivity index (χ3v) is 14.6. The highest BCUT2D eigenvalue weighted by atomic mass is 32.1. The third kappa shape index (κ3) is 5.45. The molecule has 0 aliphatic carbocycles. The second-order valence-corrected chi connectivity index (χ2v) is 21.7. The van der Waals surface area contributed by atoms with E-state index in [4.69, 9.17) is 8.83 Å². The van der Waals surface area contributed by atoms with E-state index < -0.39 is 0 Å². The molecule has 7 aromatic carbocycles. The van der Waals surface area contributed by atoms with Gasteiger partial charge in [0.1, 0.15) is 16.7 Å². The molecule has 304 valence electrons. The van der Waals surface area contributed by atoms with E-state index in [9.17, 15) is 0 Å². The molecule has 5 heterocycles. The standard InChI is InChI=1S/C56H49BN2O2S/c1-54(2,3)30-18-22-33(23-19-30)58-40-29-45-36(34-14-11-13-17-44(34)62-45)28-37(40)46-47-35-15-10-12-16-42(35)60-52(47)48-38-26-31(55(4,5)6)20-24-41(38)59-50-39-27-32(56(7,8)9)21-25-43(39)61-53(50)57-49(46)51(48)59/h10-29,57-58H,1-9H3. The number of hydrogen-bond acceptors (Lipinski definition) is 4. The Morgan fingerprint density at radius 3 is 1.94 bits per heavy atom. The van der Waals surface area contributed by atoms with Crippen LogP contribution in [0.5, 0.6) is 0 Å². The van der Waals surface area contributed by atoms with Crippen LogP contribution in [0.15, 0.2) is 130 Å². The van der Waals surface area contributed by atoms with Crippen LogP contribution in [0, 0.1) is 0 Å². The van der Waals surface area contributed by atoms with Crippen LogP contribution in [-0.4, -0.2) is 11.8 Å². The number of furan rings is 2. The lowest BCUT2D eigenvalue weighted by Gasteiger charge is -2.23. The lowest BCUT2D eigenvalue weighted by atomic mass is 9.61. The summed E-state index contributed by atoms with van der Waals surface area (Å²) in [6.45, 7) is 20.6. The summed E-state index contributed by atoms with van der Waals surface area (Å²) in [7, 11) is 0.640. The smallest absolute Gasteiger partial charge is 0.244 e. The van der Waals surface area contributed by atoms with Crippen LogP contribution in [0.1, 0.15) is 79.0 Å². The van der Waals surface area contributed by atoms with Crippen LogP contribution in [0.25, 0.3) is 91.7 Å². The molecule has 12 rings (SSSR count). The van der Waals surface area contributed by atoms with Crippen molar-refractivity contribution in [2.75, 3.05) is 5.32 Å². The molecule has 62 heavy (non-hydrogen) atoms. The zero-order chi connectivity index (χ0) is 42.6. The maximum Gasteiger partial charge on any atom is 0.244 e. The summed E-state index contributed by atoms with van der Waals surface area (Å²) in [5.74, 6) is 0. The molecule has 4 nitrogen and oxygen atoms in total. The predicted octanol–water partition coefficient (Wildman–Crippen LogP) is 14.8. The van der Waals surface area contributed by atoms with Gasteiger partial charge in [-0.3, -0.25) is 0 Å². The Bertz CT molecular complexity index is 3690. The molecular formula is C56H49BN2O2S. The van der Waals surface area contributed by atoms with Crippen LogP contribution >= 0.6 is 11.3 Å². The Morgan fingerprint density at radius 1 is 0.548 bits per heavy atom. The van der Waals surface area contributed by atoms with Gasteiger partial charge in [-0.1, -0.05) is 123 Å². The zero-order valence-electron chi connectivity index (χ0n) is 36.9. The van der Waals surface area contributed by atoms with Gasteiger partial charge in [0.25, 0.3) is 0 Å². The van der Waals surface area contributed by atoms with Crippen molar-refractivity contribution in [3.05, 3.63) is 138 Å². The fourth-order valence-corrected chi connectivity index (χ4v) is 11.3. The van der Waals surface area contributed by atoms with E-state index in [1.165, 1.54) is 58.8 Å². The van der Waals surface area contributed by atoms with Crippen LogP contribution in [0.2, 0.25) is 0 Å². The van der Waals surface area contributed by atoms with E-state index in [1.807, 2.05) is 11.3 Å². The number of thiophene rings is 1. The number of benzene rings is 7. The van der Waals surface area contributed by atoms with Gasteiger partial charge in [-0.2, -0.15) is 0 Å². The minimum absolute atomic E-state index is 0.0187. The van der Waals surface area contributed by atoms with Crippen molar-refractivity contribution in [2.45, 2.75) is 78.6 Å². The van der Waals surface area contributed by atoms with E-state index in [0.29, 0.717) is 7.28 Å². The Kier molecular flexibility index (Phi) is 7.67. The lowest BCUT2D eigenvalue weighted by molar-refractivity contribution is 0.590. The molecule has 1 aliphatic heterocycles. The highest BCUT2D eigenvalue weighted by Crippen LogP contribution is 2.50. The van der Waals surface area contributed by atoms with Crippen molar-refractivity contribution >= 4 is 116 Å². The number of hydrogen-bond donors (Lipinski definition) is 1. The number of nitrogens with one attached hydrogen (secondary N) is 1. The molecular weight excluding hydrogens is 776 g/mol. The number of nitrogens with zero attached hydrogens (tertiary/aromatic N) is 1. The van der Waals surface area contributed by atoms with Crippen molar-refractivity contribution in [1.29, 1.82) is 0 Å². The molecule has 0 saturated heterocycles. The van der Waals surface area contributed by atoms with Gasteiger partial charge in [0.2, 0.25) is 7.28 Å². The van der Waals surface area contributed by atoms with Gasteiger partial charge in [-0.05, 0) is 105 Å². The first kappa shape index (κ1) is 37.5. The van der Waals surface area contributed by atoms with Gasteiger partial charge in [-0.25, -0.2) is 0 Å². The van der Waals surface area contributed by atoms with E-state index in [0.717, 1.165) is 72.1 Å². The van der Waals surface area contributed by atoms with E-state index in [2.05, 4.69) is 194 Å². The molecule has 4 aromatic heterocycles. The topological polar surface area (TPSA) is 43.2 Å². The minimum Gasteiger partial charge on any atom is -0.469 e. The Morgan fingerprint density at radius 2 is 1.19 bits per heavy atom. The van der Waals surface area contributed by atoms with Crippen molar-refractivity contribution < 1.29 is 8.83 Å². The molecule has 11 aromatic rings. The summed E-state index contributed by atoms with van der Waals surface area (Å²) < 4.78 is 19.3. The third-order valence-electron chi connectivity index (χ3n) is 13.5. The van der Waals surface area contributed by atoms with Gasteiger partial charge in [-0.15, -0.1) is 11.3 Å². The van der Waals surface area contributed by atoms with Gasteiger partial charge in [0, 0.05) is 58.7 Å². The molecule has 1 N–H and O–H groups in total. The molecule has 0 fully saturated rings. The van der Waals surface area contributed by atoms with Crippen molar-refractivity contribution in [3.63, 3.8) is 0 Å². The van der Waals surface area contributed by atoms with Crippen molar-refractivity contribution in [2.24, 2.45) is 0 Å². The average Bonchev–Trinajstić information content (AvgIpc) is 3.99. The molecule has 0 radical (unpaired) electrons. The zero-order valence-corrected chi connectivity index (χ0v) is 37.7. The van der Waals surface area contributed by atoms with Crippen LogP contribution < -0.4 is 16.4 Å². The first-order valence-corrected chi connectivity index (χ1v) is 22.8. The van der Waals surface area contributed by atoms with Crippen molar-refractivity contribution in [1.82, 2.24) is 4.57 Å². The summed E-state index contributed by atoms with van der Waals surface area (Å²) in [6.07, 6.45) is 0. The number of para-hydroxylation sites is 1. The van der Waals surface area contributed by atoms with Gasteiger partial charge < -0.3 is 18.7 Å². The number of anilines is 2. The van der Waals surface area contributed by atoms with E-state index in [1.54, 1.807) is 0 Å². The van der Waals surface area contributed by atoms with E-state index >= 15 is 0 Å². The highest BCUT2D eigenvalue weighted by molar-refractivity contribution is 7.25. The molecule has 0 spiro atoms. The summed E-state index contributed by atoms with van der Waals surface area (Å²) in [6, 6.07) is 45.1. The molecule has 0 bridgehead atoms. The second kappa shape index (κ2) is 12.7. The van der Waals surface area contributed by atoms with Crippen molar-refractivity contribution in [3.8, 4) is 16.8 Å². The highest BCUT2D eigenvalue weighted by Gasteiger charge is 2.35.